The molecule has 0 unspecified atom stereocenters. The molecule has 8 heteroatoms. The van der Waals surface area contributed by atoms with Crippen molar-refractivity contribution in [1.82, 2.24) is 9.88 Å². The third-order valence-corrected chi connectivity index (χ3v) is 7.55. The first-order valence-electron chi connectivity index (χ1n) is 11.6. The number of rotatable bonds is 11. The summed E-state index contributed by atoms with van der Waals surface area (Å²) in [5, 5.41) is 0.758. The van der Waals surface area contributed by atoms with E-state index in [0.717, 1.165) is 66.1 Å². The molecule has 0 saturated carbocycles. The lowest BCUT2D eigenvalue weighted by Gasteiger charge is -2.27. The van der Waals surface area contributed by atoms with Gasteiger partial charge in [-0.2, -0.15) is 0 Å². The van der Waals surface area contributed by atoms with Crippen LogP contribution in [0.15, 0.2) is 53.4 Å². The number of thiazole rings is 1. The fourth-order valence-corrected chi connectivity index (χ4v) is 5.70. The molecule has 4 rings (SSSR count). The summed E-state index contributed by atoms with van der Waals surface area (Å²) in [5.41, 5.74) is 0.837. The highest BCUT2D eigenvalue weighted by molar-refractivity contribution is 7.99. The number of thioether (sulfide) groups is 1. The number of anilines is 1. The molecule has 0 spiro atoms. The Morgan fingerprint density at radius 1 is 1.18 bits per heavy atom. The molecule has 1 amide bonds. The second-order valence-corrected chi connectivity index (χ2v) is 9.97. The van der Waals surface area contributed by atoms with Crippen LogP contribution in [0.5, 0.6) is 5.75 Å². The zero-order valence-corrected chi connectivity index (χ0v) is 20.7. The van der Waals surface area contributed by atoms with Crippen LogP contribution in [0.2, 0.25) is 0 Å². The van der Waals surface area contributed by atoms with Crippen molar-refractivity contribution < 1.29 is 14.3 Å². The Hall–Kier alpha value is -2.13. The molecule has 0 bridgehead atoms. The molecule has 3 aromatic rings. The lowest BCUT2D eigenvalue weighted by atomic mass is 10.3. The highest BCUT2D eigenvalue weighted by Gasteiger charge is 2.21. The number of nitrogens with zero attached hydrogens (tertiary/aromatic N) is 3. The molecule has 1 aliphatic rings. The van der Waals surface area contributed by atoms with Gasteiger partial charge in [-0.1, -0.05) is 35.6 Å². The zero-order chi connectivity index (χ0) is 22.9. The number of carbonyl (C=O) groups is 1. The zero-order valence-electron chi connectivity index (χ0n) is 19.1. The van der Waals surface area contributed by atoms with Crippen LogP contribution >= 0.6 is 23.1 Å². The molecule has 0 atom stereocenters. The van der Waals surface area contributed by atoms with Crippen LogP contribution in [0.3, 0.4) is 0 Å². The molecule has 2 aromatic carbocycles. The van der Waals surface area contributed by atoms with Crippen molar-refractivity contribution in [3.63, 3.8) is 0 Å². The molecule has 6 nitrogen and oxygen atoms in total. The van der Waals surface area contributed by atoms with E-state index in [0.29, 0.717) is 19.6 Å². The van der Waals surface area contributed by atoms with E-state index in [9.17, 15) is 4.79 Å². The van der Waals surface area contributed by atoms with Crippen molar-refractivity contribution in [2.75, 3.05) is 56.7 Å². The lowest BCUT2D eigenvalue weighted by molar-refractivity contribution is -0.118. The van der Waals surface area contributed by atoms with Crippen molar-refractivity contribution in [3.8, 4) is 5.75 Å². The van der Waals surface area contributed by atoms with E-state index in [1.807, 2.05) is 48.2 Å². The van der Waals surface area contributed by atoms with Gasteiger partial charge in [0.15, 0.2) is 5.13 Å². The van der Waals surface area contributed by atoms with Gasteiger partial charge in [-0.3, -0.25) is 14.6 Å². The van der Waals surface area contributed by atoms with E-state index >= 15 is 0 Å². The monoisotopic (exact) mass is 485 g/mol. The second kappa shape index (κ2) is 12.4. The molecule has 0 radical (unpaired) electrons. The fourth-order valence-electron chi connectivity index (χ4n) is 3.81. The standard InChI is InChI=1S/C25H31N3O3S2/c1-2-31-21-10-6-11-22-24(21)26-25(33-22)28(14-7-13-27-15-17-30-18-16-27)23(29)12-19-32-20-8-4-3-5-9-20/h3-6,8-11H,2,7,12-19H2,1H3. The number of hydrogen-bond donors (Lipinski definition) is 0. The number of hydrogen-bond acceptors (Lipinski definition) is 7. The van der Waals surface area contributed by atoms with Gasteiger partial charge in [0.25, 0.3) is 0 Å². The fraction of sp³-hybridized carbons (Fsp3) is 0.440. The van der Waals surface area contributed by atoms with Crippen LogP contribution in [0.25, 0.3) is 10.2 Å². The summed E-state index contributed by atoms with van der Waals surface area (Å²) in [4.78, 5) is 23.6. The van der Waals surface area contributed by atoms with Crippen LogP contribution in [-0.4, -0.2) is 67.5 Å². The van der Waals surface area contributed by atoms with Crippen LogP contribution in [0.4, 0.5) is 5.13 Å². The van der Waals surface area contributed by atoms with Gasteiger partial charge < -0.3 is 9.47 Å². The molecule has 176 valence electrons. The van der Waals surface area contributed by atoms with Gasteiger partial charge in [-0.25, -0.2) is 4.98 Å². The Balaban J connectivity index is 1.45. The maximum atomic E-state index is 13.3. The van der Waals surface area contributed by atoms with Crippen LogP contribution in [-0.2, 0) is 9.53 Å². The van der Waals surface area contributed by atoms with Gasteiger partial charge in [0.1, 0.15) is 11.3 Å². The topological polar surface area (TPSA) is 54.9 Å². The highest BCUT2D eigenvalue weighted by atomic mass is 32.2. The van der Waals surface area contributed by atoms with Gasteiger partial charge in [0.05, 0.1) is 24.5 Å². The summed E-state index contributed by atoms with van der Waals surface area (Å²) in [6.45, 7) is 7.68. The van der Waals surface area contributed by atoms with E-state index in [4.69, 9.17) is 14.5 Å². The lowest BCUT2D eigenvalue weighted by Crippen LogP contribution is -2.39. The maximum Gasteiger partial charge on any atom is 0.229 e. The van der Waals surface area contributed by atoms with Crippen LogP contribution < -0.4 is 9.64 Å². The summed E-state index contributed by atoms with van der Waals surface area (Å²) < 4.78 is 12.3. The predicted molar refractivity (Wildman–Crippen MR) is 137 cm³/mol. The van der Waals surface area contributed by atoms with E-state index in [1.165, 1.54) is 4.90 Å². The number of carbonyl (C=O) groups excluding carboxylic acids is 1. The smallest absolute Gasteiger partial charge is 0.229 e. The Bertz CT molecular complexity index is 1020. The third kappa shape index (κ3) is 6.69. The Morgan fingerprint density at radius 2 is 2.00 bits per heavy atom. The van der Waals surface area contributed by atoms with Crippen molar-refractivity contribution in [3.05, 3.63) is 48.5 Å². The number of para-hydroxylation sites is 1. The van der Waals surface area contributed by atoms with Gasteiger partial charge in [-0.15, -0.1) is 11.8 Å². The third-order valence-electron chi connectivity index (χ3n) is 5.49. The van der Waals surface area contributed by atoms with Crippen molar-refractivity contribution in [2.24, 2.45) is 0 Å². The quantitative estimate of drug-likeness (QED) is 0.359. The van der Waals surface area contributed by atoms with Crippen molar-refractivity contribution in [1.29, 1.82) is 0 Å². The number of amides is 1. The Kier molecular flexibility index (Phi) is 9.00. The molecular weight excluding hydrogens is 454 g/mol. The molecule has 2 heterocycles. The molecule has 1 fully saturated rings. The summed E-state index contributed by atoms with van der Waals surface area (Å²) in [7, 11) is 0. The van der Waals surface area contributed by atoms with Gasteiger partial charge >= 0.3 is 0 Å². The maximum absolute atomic E-state index is 13.3. The second-order valence-electron chi connectivity index (χ2n) is 7.80. The average Bonchev–Trinajstić information content (AvgIpc) is 3.28. The number of ether oxygens (including phenoxy) is 2. The first kappa shape index (κ1) is 24.0. The number of aromatic nitrogens is 1. The predicted octanol–water partition coefficient (Wildman–Crippen LogP) is 4.93. The van der Waals surface area contributed by atoms with Crippen LogP contribution in [0.1, 0.15) is 19.8 Å². The van der Waals surface area contributed by atoms with E-state index in [-0.39, 0.29) is 5.91 Å². The largest absolute Gasteiger partial charge is 0.492 e. The van der Waals surface area contributed by atoms with E-state index in [1.54, 1.807) is 23.1 Å². The van der Waals surface area contributed by atoms with E-state index < -0.39 is 0 Å². The molecule has 1 aliphatic heterocycles. The first-order valence-corrected chi connectivity index (χ1v) is 13.4. The first-order chi connectivity index (χ1) is 16.2. The summed E-state index contributed by atoms with van der Waals surface area (Å²) in [5.74, 6) is 1.65. The highest BCUT2D eigenvalue weighted by Crippen LogP contribution is 2.34. The Morgan fingerprint density at radius 3 is 2.79 bits per heavy atom. The normalized spacial score (nSPS) is 14.5. The minimum absolute atomic E-state index is 0.123. The Labute approximate surface area is 203 Å². The number of morpholine rings is 1. The summed E-state index contributed by atoms with van der Waals surface area (Å²) in [6.07, 6.45) is 1.39. The van der Waals surface area contributed by atoms with Gasteiger partial charge in [0, 0.05) is 43.2 Å². The van der Waals surface area contributed by atoms with E-state index in [2.05, 4.69) is 17.0 Å². The van der Waals surface area contributed by atoms with Gasteiger partial charge in [-0.05, 0) is 37.6 Å². The minimum atomic E-state index is 0.123. The summed E-state index contributed by atoms with van der Waals surface area (Å²) in [6, 6.07) is 16.2. The molecular formula is C25H31N3O3S2. The molecule has 1 saturated heterocycles. The SMILES string of the molecule is CCOc1cccc2sc(N(CCCN3CCOCC3)C(=O)CCSc3ccccc3)nc12. The molecule has 0 N–H and O–H groups in total. The van der Waals surface area contributed by atoms with Crippen LogP contribution in [0, 0.1) is 0 Å². The number of fused-ring (bicyclic) bond motifs is 1. The molecule has 33 heavy (non-hydrogen) atoms. The average molecular weight is 486 g/mol. The summed E-state index contributed by atoms with van der Waals surface area (Å²) >= 11 is 3.28. The minimum Gasteiger partial charge on any atom is -0.492 e. The van der Waals surface area contributed by atoms with Gasteiger partial charge in [0.2, 0.25) is 5.91 Å². The number of benzene rings is 2. The molecule has 1 aromatic heterocycles. The van der Waals surface area contributed by atoms with Crippen molar-refractivity contribution >= 4 is 44.4 Å². The van der Waals surface area contributed by atoms with Crippen molar-refractivity contribution in [2.45, 2.75) is 24.7 Å². The molecule has 0 aliphatic carbocycles.